The molecule has 11 heteroatoms. The number of halogens is 3. The molecule has 1 saturated carbocycles. The van der Waals surface area contributed by atoms with Crippen LogP contribution in [0.1, 0.15) is 56.1 Å². The molecular weight excluding hydrogens is 491 g/mol. The Morgan fingerprint density at radius 2 is 1.97 bits per heavy atom. The fourth-order valence-electron chi connectivity index (χ4n) is 4.87. The van der Waals surface area contributed by atoms with Crippen LogP contribution in [0.3, 0.4) is 0 Å². The Balaban J connectivity index is 1.80. The highest BCUT2D eigenvalue weighted by Crippen LogP contribution is 2.43. The van der Waals surface area contributed by atoms with E-state index in [0.29, 0.717) is 11.1 Å². The second kappa shape index (κ2) is 9.90. The number of alkyl halides is 2. The van der Waals surface area contributed by atoms with Crippen molar-refractivity contribution < 1.29 is 32.5 Å². The summed E-state index contributed by atoms with van der Waals surface area (Å²) >= 11 is 0. The lowest BCUT2D eigenvalue weighted by molar-refractivity contribution is -0.261. The average Bonchev–Trinajstić information content (AvgIpc) is 3.38. The first-order valence-electron chi connectivity index (χ1n) is 12.3. The van der Waals surface area contributed by atoms with E-state index in [2.05, 4.69) is 4.99 Å². The van der Waals surface area contributed by atoms with Crippen molar-refractivity contribution in [2.75, 3.05) is 31.3 Å². The second-order valence-electron chi connectivity index (χ2n) is 10.5. The van der Waals surface area contributed by atoms with Gasteiger partial charge in [0.1, 0.15) is 23.6 Å². The molecule has 1 aliphatic carbocycles. The Hall–Kier alpha value is -3.24. The molecule has 4 atom stereocenters. The monoisotopic (exact) mass is 522 g/mol. The van der Waals surface area contributed by atoms with Gasteiger partial charge in [-0.1, -0.05) is 20.8 Å². The number of aromatic nitrogens is 1. The van der Waals surface area contributed by atoms with E-state index < -0.39 is 59.7 Å². The molecule has 202 valence electrons. The zero-order valence-corrected chi connectivity index (χ0v) is 21.5. The number of benzene rings is 1. The van der Waals surface area contributed by atoms with Crippen LogP contribution in [0, 0.1) is 18.7 Å². The summed E-state index contributed by atoms with van der Waals surface area (Å²) in [6, 6.07) is -0.348. The molecule has 4 rings (SSSR count). The van der Waals surface area contributed by atoms with E-state index in [4.69, 9.17) is 9.47 Å². The van der Waals surface area contributed by atoms with Gasteiger partial charge in [0.25, 0.3) is 0 Å². The minimum atomic E-state index is -1.17. The van der Waals surface area contributed by atoms with E-state index in [1.807, 2.05) is 0 Å². The predicted octanol–water partition coefficient (Wildman–Crippen LogP) is 3.21. The fourth-order valence-corrected chi connectivity index (χ4v) is 4.87. The number of hydrogen-bond donors (Lipinski definition) is 0. The molecule has 1 aromatic carbocycles. The van der Waals surface area contributed by atoms with E-state index >= 15 is 4.39 Å². The number of carbonyl (C=O) groups excluding carboxylic acids is 1. The van der Waals surface area contributed by atoms with Crippen LogP contribution in [0.4, 0.5) is 18.9 Å². The van der Waals surface area contributed by atoms with Crippen molar-refractivity contribution in [2.24, 2.45) is 10.9 Å². The number of aliphatic imine (C=N–C) groups is 1. The number of pyridine rings is 1. The summed E-state index contributed by atoms with van der Waals surface area (Å²) in [4.78, 5) is 31.1. The number of hydrogen-bond acceptors (Lipinski definition) is 7. The number of esters is 1. The van der Waals surface area contributed by atoms with E-state index in [1.54, 1.807) is 39.5 Å². The summed E-state index contributed by atoms with van der Waals surface area (Å²) in [5.41, 5.74) is -1.03. The van der Waals surface area contributed by atoms with Gasteiger partial charge in [0.05, 0.1) is 36.6 Å². The molecule has 1 saturated heterocycles. The van der Waals surface area contributed by atoms with Gasteiger partial charge < -0.3 is 24.0 Å². The van der Waals surface area contributed by atoms with Gasteiger partial charge >= 0.3 is 5.97 Å². The van der Waals surface area contributed by atoms with Gasteiger partial charge in [-0.15, -0.1) is 0 Å². The zero-order chi connectivity index (χ0) is 27.2. The molecule has 0 spiro atoms. The average molecular weight is 523 g/mol. The first kappa shape index (κ1) is 26.8. The van der Waals surface area contributed by atoms with Crippen molar-refractivity contribution in [2.45, 2.75) is 64.9 Å². The summed E-state index contributed by atoms with van der Waals surface area (Å²) < 4.78 is 55.3. The van der Waals surface area contributed by atoms with Crippen molar-refractivity contribution >= 4 is 28.6 Å². The molecule has 2 aromatic rings. The van der Waals surface area contributed by atoms with Crippen LogP contribution in [-0.2, 0) is 9.47 Å². The molecule has 0 radical (unpaired) electrons. The molecule has 0 amide bonds. The van der Waals surface area contributed by atoms with Gasteiger partial charge in [-0.3, -0.25) is 14.2 Å². The molecule has 37 heavy (non-hydrogen) atoms. The van der Waals surface area contributed by atoms with E-state index in [-0.39, 0.29) is 42.8 Å². The number of nitrogens with zero attached hydrogens (tertiary/aromatic N) is 3. The van der Waals surface area contributed by atoms with Crippen molar-refractivity contribution in [1.82, 2.24) is 4.57 Å². The summed E-state index contributed by atoms with van der Waals surface area (Å²) in [5, 5.41) is 12.2. The standard InChI is InChI=1S/C26H32F3N3O5/c1-6-36-24(34)16-11-32(20-8-17(20)28)21-13(2)22(18(29)7-15(21)23(16)33)31-10-14(9-27)19(12-31)30-25(35)37-26(3,4)5/h7,11,14,17,19-20H,6,8-10,12H2,1-5H3,(H,30,35)/p-1/t14-,17-,19+,20?/m0/s1. The largest absolute Gasteiger partial charge is 0.595 e. The molecule has 0 N–H and O–H groups in total. The van der Waals surface area contributed by atoms with E-state index in [1.165, 1.54) is 10.8 Å². The number of ether oxygens (including phenoxy) is 2. The maximum atomic E-state index is 15.6. The lowest BCUT2D eigenvalue weighted by Crippen LogP contribution is -2.34. The van der Waals surface area contributed by atoms with Crippen molar-refractivity contribution in [1.29, 1.82) is 0 Å². The van der Waals surface area contributed by atoms with Crippen LogP contribution in [0.25, 0.3) is 10.9 Å². The topological polar surface area (TPSA) is 96.2 Å². The quantitative estimate of drug-likeness (QED) is 0.329. The lowest BCUT2D eigenvalue weighted by atomic mass is 10.0. The minimum Gasteiger partial charge on any atom is -0.595 e. The highest BCUT2D eigenvalue weighted by molar-refractivity contribution is 5.96. The van der Waals surface area contributed by atoms with Gasteiger partial charge in [0.2, 0.25) is 5.43 Å². The number of anilines is 1. The second-order valence-corrected chi connectivity index (χ2v) is 10.5. The Labute approximate surface area is 212 Å². The summed E-state index contributed by atoms with van der Waals surface area (Å²) in [7, 11) is 0. The lowest BCUT2D eigenvalue weighted by Gasteiger charge is -2.30. The summed E-state index contributed by atoms with van der Waals surface area (Å²) in [6.07, 6.45) is -0.530. The number of aryl methyl sites for hydroxylation is 1. The third-order valence-electron chi connectivity index (χ3n) is 6.60. The van der Waals surface area contributed by atoms with Crippen LogP contribution >= 0.6 is 0 Å². The zero-order valence-electron chi connectivity index (χ0n) is 21.5. The number of carbonyl (C=O) groups is 1. The Bertz CT molecular complexity index is 1300. The van der Waals surface area contributed by atoms with Gasteiger partial charge in [-0.05, 0) is 25.5 Å². The predicted molar refractivity (Wildman–Crippen MR) is 131 cm³/mol. The first-order valence-corrected chi connectivity index (χ1v) is 12.3. The van der Waals surface area contributed by atoms with Crippen LogP contribution in [-0.4, -0.2) is 60.8 Å². The maximum Gasteiger partial charge on any atom is 0.343 e. The molecule has 2 heterocycles. The van der Waals surface area contributed by atoms with Gasteiger partial charge in [0, 0.05) is 42.6 Å². The van der Waals surface area contributed by atoms with Crippen LogP contribution in [0.15, 0.2) is 22.1 Å². The molecule has 1 aromatic heterocycles. The number of rotatable bonds is 6. The summed E-state index contributed by atoms with van der Waals surface area (Å²) in [5.74, 6) is -2.29. The highest BCUT2D eigenvalue weighted by atomic mass is 19.1. The van der Waals surface area contributed by atoms with E-state index in [0.717, 1.165) is 6.07 Å². The third kappa shape index (κ3) is 5.26. The van der Waals surface area contributed by atoms with Gasteiger partial charge in [0.15, 0.2) is 0 Å². The van der Waals surface area contributed by atoms with Gasteiger partial charge in [-0.25, -0.2) is 13.6 Å². The Kier molecular flexibility index (Phi) is 7.18. The van der Waals surface area contributed by atoms with Crippen LogP contribution < -0.4 is 15.4 Å². The molecule has 2 fully saturated rings. The van der Waals surface area contributed by atoms with E-state index in [9.17, 15) is 23.5 Å². The van der Waals surface area contributed by atoms with Gasteiger partial charge in [-0.2, -0.15) is 0 Å². The first-order chi connectivity index (χ1) is 17.4. The normalized spacial score (nSPS) is 24.0. The minimum absolute atomic E-state index is 0.0397. The molecular formula is C26H31F3N3O5-. The van der Waals surface area contributed by atoms with Crippen LogP contribution in [0.5, 0.6) is 0 Å². The van der Waals surface area contributed by atoms with Crippen molar-refractivity contribution in [3.63, 3.8) is 0 Å². The fraction of sp³-hybridized carbons (Fsp3) is 0.577. The molecule has 2 aliphatic rings. The maximum absolute atomic E-state index is 15.6. The SMILES string of the molecule is CCOC(=O)c1cn(C2C[C@@H]2F)c2c(C)c(N3C[C@H](CF)[C@H](N=C([O-])OC(C)(C)C)C3)c(F)cc2c1=O. The van der Waals surface area contributed by atoms with Crippen molar-refractivity contribution in [3.05, 3.63) is 39.4 Å². The molecule has 8 nitrogen and oxygen atoms in total. The third-order valence-corrected chi connectivity index (χ3v) is 6.60. The smallest absolute Gasteiger partial charge is 0.343 e. The van der Waals surface area contributed by atoms with Crippen LogP contribution in [0.2, 0.25) is 0 Å². The molecule has 1 aliphatic heterocycles. The molecule has 1 unspecified atom stereocenters. The Morgan fingerprint density at radius 3 is 2.54 bits per heavy atom. The Morgan fingerprint density at radius 1 is 1.30 bits per heavy atom. The van der Waals surface area contributed by atoms with Crippen molar-refractivity contribution in [3.8, 4) is 0 Å². The molecule has 0 bridgehead atoms. The summed E-state index contributed by atoms with van der Waals surface area (Å²) in [6.45, 7) is 7.66. The number of fused-ring (bicyclic) bond motifs is 1. The highest BCUT2D eigenvalue weighted by Gasteiger charge is 2.41.